The Kier molecular flexibility index (Phi) is 10.3. The first-order chi connectivity index (χ1) is 18.5. The van der Waals surface area contributed by atoms with Crippen molar-refractivity contribution >= 4 is 23.6 Å². The van der Waals surface area contributed by atoms with E-state index >= 15 is 0 Å². The molecule has 0 unspecified atom stereocenters. The highest BCUT2D eigenvalue weighted by atomic mass is 32.2. The molecular formula is C32H38N2O3S. The minimum atomic E-state index is -0.601. The van der Waals surface area contributed by atoms with Crippen molar-refractivity contribution in [3.63, 3.8) is 0 Å². The lowest BCUT2D eigenvalue weighted by Crippen LogP contribution is -2.52. The van der Waals surface area contributed by atoms with Crippen LogP contribution in [0.15, 0.2) is 78.9 Å². The molecule has 0 spiro atoms. The molecule has 1 saturated carbocycles. The molecule has 0 radical (unpaired) electrons. The van der Waals surface area contributed by atoms with Crippen LogP contribution >= 0.6 is 11.8 Å². The Labute approximate surface area is 231 Å². The van der Waals surface area contributed by atoms with Crippen molar-refractivity contribution in [2.24, 2.45) is 0 Å². The topological polar surface area (TPSA) is 58.6 Å². The minimum Gasteiger partial charge on any atom is -0.497 e. The van der Waals surface area contributed by atoms with E-state index in [1.54, 1.807) is 23.8 Å². The Morgan fingerprint density at radius 1 is 0.947 bits per heavy atom. The number of thioether (sulfide) groups is 1. The summed E-state index contributed by atoms with van der Waals surface area (Å²) in [6.45, 7) is 2.42. The number of ether oxygens (including phenoxy) is 1. The predicted octanol–water partition coefficient (Wildman–Crippen LogP) is 5.94. The molecule has 3 aromatic carbocycles. The van der Waals surface area contributed by atoms with Gasteiger partial charge in [0.25, 0.3) is 0 Å². The highest BCUT2D eigenvalue weighted by molar-refractivity contribution is 7.99. The third-order valence-corrected chi connectivity index (χ3v) is 8.02. The van der Waals surface area contributed by atoms with Gasteiger partial charge in [0, 0.05) is 24.8 Å². The van der Waals surface area contributed by atoms with Crippen molar-refractivity contribution in [1.29, 1.82) is 0 Å². The van der Waals surface area contributed by atoms with E-state index in [4.69, 9.17) is 4.74 Å². The van der Waals surface area contributed by atoms with Gasteiger partial charge in [-0.25, -0.2) is 0 Å². The number of methoxy groups -OCH3 is 1. The Morgan fingerprint density at radius 3 is 2.39 bits per heavy atom. The summed E-state index contributed by atoms with van der Waals surface area (Å²) in [5.74, 6) is 1.69. The van der Waals surface area contributed by atoms with E-state index in [0.29, 0.717) is 18.7 Å². The van der Waals surface area contributed by atoms with Crippen molar-refractivity contribution in [1.82, 2.24) is 10.2 Å². The highest BCUT2D eigenvalue weighted by Crippen LogP contribution is 2.22. The average molecular weight is 531 g/mol. The molecule has 0 bridgehead atoms. The Hall–Kier alpha value is -3.25. The second kappa shape index (κ2) is 14.1. The van der Waals surface area contributed by atoms with Gasteiger partial charge in [-0.15, -0.1) is 11.8 Å². The number of amides is 2. The van der Waals surface area contributed by atoms with Crippen LogP contribution in [-0.4, -0.2) is 41.7 Å². The molecule has 0 aliphatic heterocycles. The molecule has 6 heteroatoms. The van der Waals surface area contributed by atoms with Crippen molar-refractivity contribution in [2.75, 3.05) is 12.9 Å². The van der Waals surface area contributed by atoms with Gasteiger partial charge in [-0.1, -0.05) is 85.1 Å². The molecule has 0 aromatic heterocycles. The summed E-state index contributed by atoms with van der Waals surface area (Å²) >= 11 is 1.59. The lowest BCUT2D eigenvalue weighted by molar-refractivity contribution is -0.139. The summed E-state index contributed by atoms with van der Waals surface area (Å²) in [6, 6.07) is 25.7. The van der Waals surface area contributed by atoms with Gasteiger partial charge in [0.2, 0.25) is 11.8 Å². The largest absolute Gasteiger partial charge is 0.497 e. The number of carbonyl (C=O) groups is 2. The maximum Gasteiger partial charge on any atom is 0.243 e. The smallest absolute Gasteiger partial charge is 0.243 e. The molecule has 4 rings (SSSR count). The van der Waals surface area contributed by atoms with E-state index in [1.165, 1.54) is 11.1 Å². The molecule has 3 aromatic rings. The molecule has 1 aliphatic rings. The summed E-state index contributed by atoms with van der Waals surface area (Å²) in [5, 5.41) is 3.27. The number of carbonyl (C=O) groups excluding carboxylic acids is 2. The fraction of sp³-hybridized carbons (Fsp3) is 0.375. The van der Waals surface area contributed by atoms with Gasteiger partial charge in [-0.05, 0) is 48.6 Å². The van der Waals surface area contributed by atoms with Crippen LogP contribution in [0.2, 0.25) is 0 Å². The van der Waals surface area contributed by atoms with E-state index in [1.807, 2.05) is 60.7 Å². The third kappa shape index (κ3) is 8.12. The number of hydrogen-bond donors (Lipinski definition) is 1. The van der Waals surface area contributed by atoms with Gasteiger partial charge in [0.1, 0.15) is 11.8 Å². The van der Waals surface area contributed by atoms with E-state index in [2.05, 4.69) is 30.4 Å². The van der Waals surface area contributed by atoms with Crippen LogP contribution in [0.5, 0.6) is 5.75 Å². The van der Waals surface area contributed by atoms with E-state index < -0.39 is 6.04 Å². The fourth-order valence-electron chi connectivity index (χ4n) is 5.03. The van der Waals surface area contributed by atoms with Gasteiger partial charge < -0.3 is 15.0 Å². The standard InChI is InChI=1S/C32H38N2O3S/c1-24-10-8-14-27(18-24)22-38-23-31(35)34(21-26-13-9-17-29(19-26)37-2)30(20-25-11-4-3-5-12-25)32(36)33-28-15-6-7-16-28/h3-5,8-14,17-19,28,30H,6-7,15-16,20-23H2,1-2H3,(H,33,36)/t30-/m1/s1. The van der Waals surface area contributed by atoms with Crippen LogP contribution < -0.4 is 10.1 Å². The lowest BCUT2D eigenvalue weighted by atomic mass is 10.0. The van der Waals surface area contributed by atoms with Crippen LogP contribution in [0.1, 0.15) is 47.9 Å². The fourth-order valence-corrected chi connectivity index (χ4v) is 5.89. The van der Waals surface area contributed by atoms with Crippen LogP contribution in [0, 0.1) is 6.92 Å². The number of benzene rings is 3. The van der Waals surface area contributed by atoms with Crippen LogP contribution in [0.25, 0.3) is 0 Å². The molecule has 1 aliphatic carbocycles. The Morgan fingerprint density at radius 2 is 1.66 bits per heavy atom. The highest BCUT2D eigenvalue weighted by Gasteiger charge is 2.32. The predicted molar refractivity (Wildman–Crippen MR) is 155 cm³/mol. The first-order valence-electron chi connectivity index (χ1n) is 13.4. The zero-order valence-corrected chi connectivity index (χ0v) is 23.2. The number of nitrogens with one attached hydrogen (secondary N) is 1. The van der Waals surface area contributed by atoms with E-state index in [0.717, 1.165) is 48.3 Å². The summed E-state index contributed by atoms with van der Waals surface area (Å²) in [5.41, 5.74) is 4.38. The maximum atomic E-state index is 13.8. The summed E-state index contributed by atoms with van der Waals surface area (Å²) < 4.78 is 5.43. The zero-order chi connectivity index (χ0) is 26.7. The molecule has 5 nitrogen and oxygen atoms in total. The van der Waals surface area contributed by atoms with Crippen molar-refractivity contribution in [3.05, 3.63) is 101 Å². The average Bonchev–Trinajstić information content (AvgIpc) is 3.44. The second-order valence-electron chi connectivity index (χ2n) is 10.1. The molecule has 1 N–H and O–H groups in total. The summed E-state index contributed by atoms with van der Waals surface area (Å²) in [7, 11) is 1.64. The van der Waals surface area contributed by atoms with Crippen LogP contribution in [0.3, 0.4) is 0 Å². The molecule has 38 heavy (non-hydrogen) atoms. The molecule has 1 fully saturated rings. The number of nitrogens with zero attached hydrogens (tertiary/aromatic N) is 1. The SMILES string of the molecule is COc1cccc(CN(C(=O)CSCc2cccc(C)c2)[C@H](Cc2ccccc2)C(=O)NC2CCCC2)c1. The number of hydrogen-bond acceptors (Lipinski definition) is 4. The van der Waals surface area contributed by atoms with Crippen molar-refractivity contribution in [3.8, 4) is 5.75 Å². The molecule has 200 valence electrons. The first kappa shape index (κ1) is 27.8. The first-order valence-corrected chi connectivity index (χ1v) is 14.6. The van der Waals surface area contributed by atoms with Gasteiger partial charge in [-0.3, -0.25) is 9.59 Å². The van der Waals surface area contributed by atoms with E-state index in [-0.39, 0.29) is 17.9 Å². The van der Waals surface area contributed by atoms with Crippen molar-refractivity contribution in [2.45, 2.75) is 63.4 Å². The molecular weight excluding hydrogens is 492 g/mol. The van der Waals surface area contributed by atoms with Gasteiger partial charge >= 0.3 is 0 Å². The van der Waals surface area contributed by atoms with Crippen LogP contribution in [0.4, 0.5) is 0 Å². The second-order valence-corrected chi connectivity index (χ2v) is 11.0. The zero-order valence-electron chi connectivity index (χ0n) is 22.4. The Bertz CT molecular complexity index is 1190. The molecule has 1 atom stereocenters. The molecule has 2 amide bonds. The van der Waals surface area contributed by atoms with Crippen molar-refractivity contribution < 1.29 is 14.3 Å². The van der Waals surface area contributed by atoms with E-state index in [9.17, 15) is 9.59 Å². The normalized spacial score (nSPS) is 14.2. The minimum absolute atomic E-state index is 0.0343. The Balaban J connectivity index is 1.57. The maximum absolute atomic E-state index is 13.8. The quantitative estimate of drug-likeness (QED) is 0.315. The van der Waals surface area contributed by atoms with Gasteiger partial charge in [0.05, 0.1) is 12.9 Å². The van der Waals surface area contributed by atoms with Gasteiger partial charge in [0.15, 0.2) is 0 Å². The molecule has 0 saturated heterocycles. The van der Waals surface area contributed by atoms with Crippen LogP contribution in [-0.2, 0) is 28.3 Å². The lowest BCUT2D eigenvalue weighted by Gasteiger charge is -2.32. The number of aryl methyl sites for hydroxylation is 1. The molecule has 0 heterocycles. The third-order valence-electron chi connectivity index (χ3n) is 7.04. The summed E-state index contributed by atoms with van der Waals surface area (Å²) in [6.07, 6.45) is 4.74. The summed E-state index contributed by atoms with van der Waals surface area (Å²) in [4.78, 5) is 29.4. The van der Waals surface area contributed by atoms with Gasteiger partial charge in [-0.2, -0.15) is 0 Å². The number of rotatable bonds is 12. The monoisotopic (exact) mass is 530 g/mol.